The van der Waals surface area contributed by atoms with Crippen LogP contribution < -0.4 is 20.9 Å². The lowest BCUT2D eigenvalue weighted by Crippen LogP contribution is -2.38. The minimum Gasteiger partial charge on any atom is -0.477 e. The first-order valence-corrected chi connectivity index (χ1v) is 8.67. The third-order valence-electron chi connectivity index (χ3n) is 4.19. The molecule has 0 bridgehead atoms. The monoisotopic (exact) mass is 393 g/mol. The van der Waals surface area contributed by atoms with Gasteiger partial charge in [-0.05, 0) is 26.8 Å². The zero-order valence-electron chi connectivity index (χ0n) is 15.6. The maximum Gasteiger partial charge on any atom is 0.376 e. The SMILES string of the molecule is CC(C)N1c2cc(Nc3ccnc(NCC(F)(F)C(=O)O)n3)ncc2NC1C. The predicted molar refractivity (Wildman–Crippen MR) is 101 cm³/mol. The Labute approximate surface area is 160 Å². The van der Waals surface area contributed by atoms with Crippen LogP contribution in [0.4, 0.5) is 37.7 Å². The number of halogens is 2. The van der Waals surface area contributed by atoms with Crippen LogP contribution in [0.25, 0.3) is 0 Å². The molecule has 0 aliphatic carbocycles. The highest BCUT2D eigenvalue weighted by Gasteiger charge is 2.38. The molecule has 0 radical (unpaired) electrons. The fourth-order valence-electron chi connectivity index (χ4n) is 2.98. The average Bonchev–Trinajstić information content (AvgIpc) is 2.95. The molecule has 0 aromatic carbocycles. The van der Waals surface area contributed by atoms with Gasteiger partial charge in [0.1, 0.15) is 11.6 Å². The van der Waals surface area contributed by atoms with Gasteiger partial charge >= 0.3 is 11.9 Å². The van der Waals surface area contributed by atoms with Crippen LogP contribution in [-0.2, 0) is 4.79 Å². The minimum absolute atomic E-state index is 0.119. The molecule has 0 saturated heterocycles. The van der Waals surface area contributed by atoms with Gasteiger partial charge in [0, 0.05) is 18.3 Å². The van der Waals surface area contributed by atoms with Gasteiger partial charge in [-0.25, -0.2) is 14.8 Å². The first-order valence-electron chi connectivity index (χ1n) is 8.67. The molecule has 2 aromatic rings. The second-order valence-corrected chi connectivity index (χ2v) is 6.66. The number of rotatable bonds is 7. The Balaban J connectivity index is 1.74. The second-order valence-electron chi connectivity index (χ2n) is 6.66. The molecule has 0 fully saturated rings. The van der Waals surface area contributed by atoms with Crippen molar-refractivity contribution >= 4 is 34.9 Å². The Morgan fingerprint density at radius 1 is 1.39 bits per heavy atom. The number of pyridine rings is 1. The van der Waals surface area contributed by atoms with E-state index in [1.807, 2.05) is 6.07 Å². The number of hydrogen-bond acceptors (Lipinski definition) is 8. The molecule has 1 atom stereocenters. The number of carbonyl (C=O) groups is 1. The number of alkyl halides is 2. The van der Waals surface area contributed by atoms with Gasteiger partial charge in [0.25, 0.3) is 0 Å². The first kappa shape index (κ1) is 19.5. The predicted octanol–water partition coefficient (Wildman–Crippen LogP) is 2.73. The van der Waals surface area contributed by atoms with E-state index in [4.69, 9.17) is 5.11 Å². The van der Waals surface area contributed by atoms with Gasteiger partial charge in [0.15, 0.2) is 0 Å². The lowest BCUT2D eigenvalue weighted by Gasteiger charge is -2.28. The summed E-state index contributed by atoms with van der Waals surface area (Å²) < 4.78 is 26.4. The number of nitrogens with one attached hydrogen (secondary N) is 3. The van der Waals surface area contributed by atoms with Crippen LogP contribution in [-0.4, -0.2) is 50.7 Å². The minimum atomic E-state index is -3.92. The number of hydrogen-bond donors (Lipinski definition) is 4. The van der Waals surface area contributed by atoms with Crippen molar-refractivity contribution in [2.45, 2.75) is 38.9 Å². The van der Waals surface area contributed by atoms with Crippen molar-refractivity contribution in [3.8, 4) is 0 Å². The summed E-state index contributed by atoms with van der Waals surface area (Å²) in [6, 6.07) is 3.71. The van der Waals surface area contributed by atoms with Crippen molar-refractivity contribution in [2.75, 3.05) is 27.4 Å². The number of carboxylic acid groups (broad SMARTS) is 1. The molecule has 0 amide bonds. The van der Waals surface area contributed by atoms with E-state index < -0.39 is 18.4 Å². The molecule has 0 saturated carbocycles. The Hall–Kier alpha value is -3.24. The number of fused-ring (bicyclic) bond motifs is 1. The number of anilines is 5. The van der Waals surface area contributed by atoms with Crippen LogP contribution in [0.2, 0.25) is 0 Å². The summed E-state index contributed by atoms with van der Waals surface area (Å²) >= 11 is 0. The molecule has 9 nitrogen and oxygen atoms in total. The molecule has 11 heteroatoms. The summed E-state index contributed by atoms with van der Waals surface area (Å²) in [4.78, 5) is 24.9. The van der Waals surface area contributed by atoms with Gasteiger partial charge in [0.2, 0.25) is 5.95 Å². The highest BCUT2D eigenvalue weighted by Crippen LogP contribution is 2.37. The smallest absolute Gasteiger partial charge is 0.376 e. The highest BCUT2D eigenvalue weighted by molar-refractivity contribution is 5.78. The Kier molecular flexibility index (Phi) is 5.16. The van der Waals surface area contributed by atoms with Gasteiger partial charge in [0.05, 0.1) is 30.3 Å². The van der Waals surface area contributed by atoms with Crippen molar-refractivity contribution in [2.24, 2.45) is 0 Å². The van der Waals surface area contributed by atoms with Crippen molar-refractivity contribution in [3.05, 3.63) is 24.5 Å². The van der Waals surface area contributed by atoms with E-state index in [2.05, 4.69) is 56.6 Å². The molecule has 2 aromatic heterocycles. The van der Waals surface area contributed by atoms with Crippen LogP contribution >= 0.6 is 0 Å². The van der Waals surface area contributed by atoms with Gasteiger partial charge in [-0.2, -0.15) is 13.8 Å². The average molecular weight is 393 g/mol. The van der Waals surface area contributed by atoms with Crippen molar-refractivity contribution in [1.29, 1.82) is 0 Å². The van der Waals surface area contributed by atoms with E-state index in [0.717, 1.165) is 11.4 Å². The van der Waals surface area contributed by atoms with E-state index in [9.17, 15) is 13.6 Å². The quantitative estimate of drug-likeness (QED) is 0.563. The van der Waals surface area contributed by atoms with Crippen LogP contribution in [0.5, 0.6) is 0 Å². The molecule has 4 N–H and O–H groups in total. The van der Waals surface area contributed by atoms with E-state index in [0.29, 0.717) is 11.6 Å². The lowest BCUT2D eigenvalue weighted by atomic mass is 10.2. The summed E-state index contributed by atoms with van der Waals surface area (Å²) in [5.74, 6) is -5.39. The molecule has 0 spiro atoms. The third kappa shape index (κ3) is 4.02. The molecular formula is C17H21F2N7O2. The number of nitrogens with zero attached hydrogens (tertiary/aromatic N) is 4. The number of aliphatic carboxylic acids is 1. The van der Waals surface area contributed by atoms with Crippen molar-refractivity contribution in [3.63, 3.8) is 0 Å². The standard InChI is InChI=1S/C17H21F2N7O2/c1-9(2)26-10(3)23-11-7-21-14(6-12(11)26)24-13-4-5-20-16(25-13)22-8-17(18,19)15(27)28/h4-7,9-10,23H,8H2,1-3H3,(H,27,28)(H2,20,21,22,24,25). The molecule has 1 unspecified atom stereocenters. The van der Waals surface area contributed by atoms with Gasteiger partial charge < -0.3 is 26.0 Å². The van der Waals surface area contributed by atoms with E-state index >= 15 is 0 Å². The molecule has 3 heterocycles. The Bertz CT molecular complexity index is 878. The summed E-state index contributed by atoms with van der Waals surface area (Å²) in [5, 5.41) is 17.1. The topological polar surface area (TPSA) is 115 Å². The molecule has 28 heavy (non-hydrogen) atoms. The Morgan fingerprint density at radius 3 is 2.82 bits per heavy atom. The highest BCUT2D eigenvalue weighted by atomic mass is 19.3. The molecule has 3 rings (SSSR count). The van der Waals surface area contributed by atoms with Gasteiger partial charge in [-0.15, -0.1) is 0 Å². The van der Waals surface area contributed by atoms with Crippen LogP contribution in [0, 0.1) is 0 Å². The van der Waals surface area contributed by atoms with E-state index in [1.54, 1.807) is 12.3 Å². The lowest BCUT2D eigenvalue weighted by molar-refractivity contribution is -0.162. The van der Waals surface area contributed by atoms with Gasteiger partial charge in [-0.1, -0.05) is 0 Å². The fourth-order valence-corrected chi connectivity index (χ4v) is 2.98. The second kappa shape index (κ2) is 7.41. The summed E-state index contributed by atoms with van der Waals surface area (Å²) in [6.45, 7) is 5.13. The molecular weight excluding hydrogens is 372 g/mol. The van der Waals surface area contributed by atoms with Crippen molar-refractivity contribution < 1.29 is 18.7 Å². The largest absolute Gasteiger partial charge is 0.477 e. The zero-order valence-corrected chi connectivity index (χ0v) is 15.6. The normalized spacial score (nSPS) is 15.9. The maximum absolute atomic E-state index is 13.2. The molecule has 1 aliphatic rings. The molecule has 1 aliphatic heterocycles. The van der Waals surface area contributed by atoms with Crippen LogP contribution in [0.3, 0.4) is 0 Å². The summed E-state index contributed by atoms with van der Waals surface area (Å²) in [6.07, 6.45) is 3.22. The summed E-state index contributed by atoms with van der Waals surface area (Å²) in [7, 11) is 0. The first-order chi connectivity index (χ1) is 13.2. The van der Waals surface area contributed by atoms with Gasteiger partial charge in [-0.3, -0.25) is 0 Å². The Morgan fingerprint density at radius 2 is 2.14 bits per heavy atom. The van der Waals surface area contributed by atoms with Crippen molar-refractivity contribution in [1.82, 2.24) is 15.0 Å². The van der Waals surface area contributed by atoms with Crippen LogP contribution in [0.1, 0.15) is 20.8 Å². The summed E-state index contributed by atoms with van der Waals surface area (Å²) in [5.41, 5.74) is 1.92. The fraction of sp³-hybridized carbons (Fsp3) is 0.412. The van der Waals surface area contributed by atoms with Crippen LogP contribution in [0.15, 0.2) is 24.5 Å². The number of carboxylic acids is 1. The van der Waals surface area contributed by atoms with E-state index in [1.165, 1.54) is 6.20 Å². The zero-order chi connectivity index (χ0) is 20.5. The maximum atomic E-state index is 13.2. The number of aromatic nitrogens is 3. The molecule has 150 valence electrons. The third-order valence-corrected chi connectivity index (χ3v) is 4.19. The van der Waals surface area contributed by atoms with E-state index in [-0.39, 0.29) is 18.2 Å².